The molecule has 0 N–H and O–H groups in total. The predicted molar refractivity (Wildman–Crippen MR) is 72.2 cm³/mol. The molecule has 0 bridgehead atoms. The Balaban J connectivity index is 1.99. The smallest absolute Gasteiger partial charge is 0.331 e. The van der Waals surface area contributed by atoms with Gasteiger partial charge in [0, 0.05) is 11.6 Å². The number of fused-ring (bicyclic) bond motifs is 1. The molecule has 0 fully saturated rings. The highest BCUT2D eigenvalue weighted by molar-refractivity contribution is 5.99. The number of ether oxygens (including phenoxy) is 3. The van der Waals surface area contributed by atoms with E-state index in [0.717, 1.165) is 5.57 Å². The molecule has 2 rings (SSSR count). The van der Waals surface area contributed by atoms with E-state index in [9.17, 15) is 9.59 Å². The first-order chi connectivity index (χ1) is 9.56. The molecule has 20 heavy (non-hydrogen) atoms. The molecule has 0 saturated heterocycles. The Hall–Kier alpha value is -2.30. The van der Waals surface area contributed by atoms with Crippen molar-refractivity contribution in [2.24, 2.45) is 0 Å². The van der Waals surface area contributed by atoms with Gasteiger partial charge in [-0.2, -0.15) is 0 Å². The minimum atomic E-state index is -0.518. The first-order valence-corrected chi connectivity index (χ1v) is 6.31. The summed E-state index contributed by atoms with van der Waals surface area (Å²) in [5, 5.41) is 0. The van der Waals surface area contributed by atoms with Gasteiger partial charge in [-0.05, 0) is 32.0 Å². The Morgan fingerprint density at radius 2 is 1.90 bits per heavy atom. The molecule has 0 atom stereocenters. The molecule has 0 radical (unpaired) electrons. The predicted octanol–water partition coefficient (Wildman–Crippen LogP) is 2.15. The average molecular weight is 276 g/mol. The van der Waals surface area contributed by atoms with E-state index in [1.165, 1.54) is 6.08 Å². The highest BCUT2D eigenvalue weighted by atomic mass is 16.6. The molecule has 5 heteroatoms. The zero-order valence-corrected chi connectivity index (χ0v) is 11.5. The van der Waals surface area contributed by atoms with E-state index in [1.54, 1.807) is 32.0 Å². The van der Waals surface area contributed by atoms with Crippen LogP contribution < -0.4 is 9.47 Å². The maximum atomic E-state index is 11.9. The topological polar surface area (TPSA) is 61.8 Å². The number of esters is 1. The molecule has 1 aliphatic heterocycles. The summed E-state index contributed by atoms with van der Waals surface area (Å²) in [7, 11) is 0. The summed E-state index contributed by atoms with van der Waals surface area (Å²) in [6, 6.07) is 4.91. The third-order valence-electron chi connectivity index (χ3n) is 2.62. The molecule has 0 aromatic heterocycles. The van der Waals surface area contributed by atoms with E-state index in [4.69, 9.17) is 14.2 Å². The summed E-state index contributed by atoms with van der Waals surface area (Å²) in [4.78, 5) is 23.3. The SMILES string of the molecule is CC(C)=CC(=O)OCC(=O)c1ccc2c(c1)OCCO2. The van der Waals surface area contributed by atoms with Crippen molar-refractivity contribution >= 4 is 11.8 Å². The van der Waals surface area contributed by atoms with Crippen LogP contribution in [0.3, 0.4) is 0 Å². The molecule has 1 heterocycles. The Bertz CT molecular complexity index is 555. The molecule has 0 saturated carbocycles. The fourth-order valence-electron chi connectivity index (χ4n) is 1.71. The lowest BCUT2D eigenvalue weighted by Gasteiger charge is -2.18. The fourth-order valence-corrected chi connectivity index (χ4v) is 1.71. The Morgan fingerprint density at radius 1 is 1.20 bits per heavy atom. The van der Waals surface area contributed by atoms with Crippen LogP contribution in [0.2, 0.25) is 0 Å². The summed E-state index contributed by atoms with van der Waals surface area (Å²) in [5.41, 5.74) is 1.25. The van der Waals surface area contributed by atoms with Crippen molar-refractivity contribution in [2.75, 3.05) is 19.8 Å². The van der Waals surface area contributed by atoms with E-state index < -0.39 is 5.97 Å². The van der Waals surface area contributed by atoms with Gasteiger partial charge in [0.1, 0.15) is 13.2 Å². The number of hydrogen-bond acceptors (Lipinski definition) is 5. The highest BCUT2D eigenvalue weighted by Gasteiger charge is 2.15. The molecular weight excluding hydrogens is 260 g/mol. The van der Waals surface area contributed by atoms with Crippen molar-refractivity contribution in [1.82, 2.24) is 0 Å². The molecule has 5 nitrogen and oxygen atoms in total. The number of hydrogen-bond donors (Lipinski definition) is 0. The number of allylic oxidation sites excluding steroid dienone is 1. The quantitative estimate of drug-likeness (QED) is 0.479. The largest absolute Gasteiger partial charge is 0.486 e. The Kier molecular flexibility index (Phi) is 4.40. The Morgan fingerprint density at radius 3 is 2.60 bits per heavy atom. The summed E-state index contributed by atoms with van der Waals surface area (Å²) in [5.74, 6) is 0.362. The van der Waals surface area contributed by atoms with Crippen LogP contribution in [0, 0.1) is 0 Å². The normalized spacial score (nSPS) is 12.5. The van der Waals surface area contributed by atoms with Crippen LogP contribution in [-0.2, 0) is 9.53 Å². The number of carbonyl (C=O) groups excluding carboxylic acids is 2. The number of ketones is 1. The van der Waals surface area contributed by atoms with Gasteiger partial charge in [-0.3, -0.25) is 4.79 Å². The van der Waals surface area contributed by atoms with Gasteiger partial charge < -0.3 is 14.2 Å². The first kappa shape index (κ1) is 14.1. The summed E-state index contributed by atoms with van der Waals surface area (Å²) < 4.78 is 15.6. The van der Waals surface area contributed by atoms with Crippen LogP contribution in [0.5, 0.6) is 11.5 Å². The second-order valence-electron chi connectivity index (χ2n) is 4.61. The van der Waals surface area contributed by atoms with E-state index in [-0.39, 0.29) is 12.4 Å². The van der Waals surface area contributed by atoms with Crippen LogP contribution in [0.4, 0.5) is 0 Å². The molecule has 0 spiro atoms. The van der Waals surface area contributed by atoms with Gasteiger partial charge in [-0.1, -0.05) is 5.57 Å². The lowest BCUT2D eigenvalue weighted by molar-refractivity contribution is -0.136. The first-order valence-electron chi connectivity index (χ1n) is 6.31. The van der Waals surface area contributed by atoms with Crippen molar-refractivity contribution < 1.29 is 23.8 Å². The molecule has 106 valence electrons. The van der Waals surface area contributed by atoms with Crippen molar-refractivity contribution in [3.8, 4) is 11.5 Å². The van der Waals surface area contributed by atoms with Crippen molar-refractivity contribution in [1.29, 1.82) is 0 Å². The van der Waals surface area contributed by atoms with Gasteiger partial charge in [0.25, 0.3) is 0 Å². The molecule has 1 aromatic carbocycles. The molecule has 0 amide bonds. The van der Waals surface area contributed by atoms with E-state index in [0.29, 0.717) is 30.3 Å². The molecule has 1 aromatic rings. The summed E-state index contributed by atoms with van der Waals surface area (Å²) in [6.07, 6.45) is 1.34. The second-order valence-corrected chi connectivity index (χ2v) is 4.61. The van der Waals surface area contributed by atoms with Crippen molar-refractivity contribution in [3.63, 3.8) is 0 Å². The summed E-state index contributed by atoms with van der Waals surface area (Å²) >= 11 is 0. The van der Waals surface area contributed by atoms with Crippen molar-refractivity contribution in [2.45, 2.75) is 13.8 Å². The maximum absolute atomic E-state index is 11.9. The van der Waals surface area contributed by atoms with Crippen LogP contribution >= 0.6 is 0 Å². The van der Waals surface area contributed by atoms with Gasteiger partial charge in [-0.15, -0.1) is 0 Å². The van der Waals surface area contributed by atoms with E-state index >= 15 is 0 Å². The van der Waals surface area contributed by atoms with Crippen LogP contribution in [-0.4, -0.2) is 31.6 Å². The molecular formula is C15H16O5. The van der Waals surface area contributed by atoms with Gasteiger partial charge in [0.2, 0.25) is 0 Å². The molecule has 0 aliphatic carbocycles. The van der Waals surface area contributed by atoms with E-state index in [2.05, 4.69) is 0 Å². The zero-order chi connectivity index (χ0) is 14.5. The minimum absolute atomic E-state index is 0.280. The summed E-state index contributed by atoms with van der Waals surface area (Å²) in [6.45, 7) is 4.23. The van der Waals surface area contributed by atoms with E-state index in [1.807, 2.05) is 0 Å². The van der Waals surface area contributed by atoms with Gasteiger partial charge in [-0.25, -0.2) is 4.79 Å². The number of Topliss-reactive ketones (excluding diaryl/α,β-unsaturated/α-hetero) is 1. The lowest BCUT2D eigenvalue weighted by atomic mass is 10.1. The van der Waals surface area contributed by atoms with Crippen LogP contribution in [0.15, 0.2) is 29.8 Å². The third kappa shape index (κ3) is 3.60. The Labute approximate surface area is 117 Å². The van der Waals surface area contributed by atoms with Crippen molar-refractivity contribution in [3.05, 3.63) is 35.4 Å². The van der Waals surface area contributed by atoms with Gasteiger partial charge in [0.05, 0.1) is 0 Å². The lowest BCUT2D eigenvalue weighted by Crippen LogP contribution is -2.17. The number of carbonyl (C=O) groups is 2. The van der Waals surface area contributed by atoms with Crippen LogP contribution in [0.25, 0.3) is 0 Å². The zero-order valence-electron chi connectivity index (χ0n) is 11.5. The number of benzene rings is 1. The van der Waals surface area contributed by atoms with Gasteiger partial charge in [0.15, 0.2) is 23.9 Å². The minimum Gasteiger partial charge on any atom is -0.486 e. The second kappa shape index (κ2) is 6.23. The average Bonchev–Trinajstić information content (AvgIpc) is 2.43. The van der Waals surface area contributed by atoms with Crippen LogP contribution in [0.1, 0.15) is 24.2 Å². The van der Waals surface area contributed by atoms with Gasteiger partial charge >= 0.3 is 5.97 Å². The maximum Gasteiger partial charge on any atom is 0.331 e. The molecule has 0 unspecified atom stereocenters. The third-order valence-corrected chi connectivity index (χ3v) is 2.62. The number of rotatable bonds is 4. The monoisotopic (exact) mass is 276 g/mol. The standard InChI is InChI=1S/C15H16O5/c1-10(2)7-15(17)20-9-12(16)11-3-4-13-14(8-11)19-6-5-18-13/h3-4,7-8H,5-6,9H2,1-2H3. The highest BCUT2D eigenvalue weighted by Crippen LogP contribution is 2.30. The fraction of sp³-hybridized carbons (Fsp3) is 0.333. The molecule has 1 aliphatic rings.